The van der Waals surface area contributed by atoms with E-state index in [4.69, 9.17) is 9.72 Å². The molecule has 1 N–H and O–H groups in total. The molecule has 0 saturated heterocycles. The van der Waals surface area contributed by atoms with Crippen LogP contribution in [0.3, 0.4) is 0 Å². The Morgan fingerprint density at radius 3 is 2.95 bits per heavy atom. The molecule has 0 bridgehead atoms. The second kappa shape index (κ2) is 6.72. The molecule has 0 aliphatic heterocycles. The van der Waals surface area contributed by atoms with Gasteiger partial charge in [0.25, 0.3) is 0 Å². The van der Waals surface area contributed by atoms with Crippen LogP contribution in [0.1, 0.15) is 19.5 Å². The summed E-state index contributed by atoms with van der Waals surface area (Å²) >= 11 is 0. The minimum atomic E-state index is 0.283. The normalized spacial score (nSPS) is 12.8. The second-order valence-corrected chi connectivity index (χ2v) is 5.01. The molecule has 0 amide bonds. The zero-order valence-electron chi connectivity index (χ0n) is 12.8. The van der Waals surface area contributed by atoms with E-state index in [1.54, 1.807) is 7.11 Å². The smallest absolute Gasteiger partial charge is 0.152 e. The highest BCUT2D eigenvalue weighted by molar-refractivity contribution is 5.56. The van der Waals surface area contributed by atoms with E-state index in [9.17, 15) is 0 Å². The molecule has 1 atom stereocenters. The molecule has 0 aliphatic rings. The van der Waals surface area contributed by atoms with Crippen molar-refractivity contribution in [2.24, 2.45) is 0 Å². The molecule has 2 heterocycles. The molecule has 0 aliphatic carbocycles. The first-order valence-electron chi connectivity index (χ1n) is 7.07. The Morgan fingerprint density at radius 1 is 1.45 bits per heavy atom. The van der Waals surface area contributed by atoms with E-state index in [0.29, 0.717) is 6.61 Å². The molecule has 5 heteroatoms. The van der Waals surface area contributed by atoms with Gasteiger partial charge in [0.2, 0.25) is 0 Å². The molecule has 2 aromatic rings. The first-order valence-corrected chi connectivity index (χ1v) is 7.07. The van der Waals surface area contributed by atoms with E-state index in [2.05, 4.69) is 41.7 Å². The number of pyridine rings is 1. The quantitative estimate of drug-likeness (QED) is 0.839. The average Bonchev–Trinajstić information content (AvgIpc) is 2.83. The van der Waals surface area contributed by atoms with Gasteiger partial charge in [0, 0.05) is 26.9 Å². The van der Waals surface area contributed by atoms with Crippen molar-refractivity contribution in [2.75, 3.05) is 32.2 Å². The van der Waals surface area contributed by atoms with Crippen molar-refractivity contribution in [3.8, 4) is 0 Å². The van der Waals surface area contributed by atoms with Gasteiger partial charge in [0.15, 0.2) is 5.82 Å². The summed E-state index contributed by atoms with van der Waals surface area (Å²) in [6.07, 6.45) is 2.06. The first kappa shape index (κ1) is 14.8. The molecule has 20 heavy (non-hydrogen) atoms. The van der Waals surface area contributed by atoms with E-state index >= 15 is 0 Å². The number of anilines is 1. The van der Waals surface area contributed by atoms with Gasteiger partial charge in [0.05, 0.1) is 18.3 Å². The summed E-state index contributed by atoms with van der Waals surface area (Å²) in [6.45, 7) is 6.69. The lowest BCUT2D eigenvalue weighted by atomic mass is 10.3. The number of likely N-dealkylation sites (N-methyl/N-ethyl adjacent to an activating group) is 1. The number of methoxy groups -OCH3 is 1. The maximum atomic E-state index is 5.25. The minimum Gasteiger partial charge on any atom is -0.383 e. The van der Waals surface area contributed by atoms with E-state index in [0.717, 1.165) is 24.6 Å². The Kier molecular flexibility index (Phi) is 4.98. The van der Waals surface area contributed by atoms with Crippen molar-refractivity contribution < 1.29 is 4.74 Å². The van der Waals surface area contributed by atoms with E-state index in [-0.39, 0.29) is 6.04 Å². The van der Waals surface area contributed by atoms with Gasteiger partial charge in [-0.2, -0.15) is 0 Å². The van der Waals surface area contributed by atoms with Crippen LogP contribution < -0.4 is 10.2 Å². The van der Waals surface area contributed by atoms with Crippen LogP contribution in [0.25, 0.3) is 5.65 Å². The van der Waals surface area contributed by atoms with Crippen LogP contribution in [-0.2, 0) is 11.3 Å². The lowest BCUT2D eigenvalue weighted by Crippen LogP contribution is -2.34. The number of aromatic nitrogens is 2. The van der Waals surface area contributed by atoms with Crippen molar-refractivity contribution in [3.05, 3.63) is 30.1 Å². The number of hydrogen-bond donors (Lipinski definition) is 1. The Balaban J connectivity index is 2.39. The van der Waals surface area contributed by atoms with Gasteiger partial charge in [0.1, 0.15) is 5.65 Å². The Hall–Kier alpha value is -1.59. The van der Waals surface area contributed by atoms with E-state index in [1.807, 2.05) is 18.2 Å². The number of nitrogens with zero attached hydrogens (tertiary/aromatic N) is 3. The highest BCUT2D eigenvalue weighted by Crippen LogP contribution is 2.22. The number of imidazole rings is 1. The summed E-state index contributed by atoms with van der Waals surface area (Å²) < 4.78 is 7.40. The van der Waals surface area contributed by atoms with Crippen molar-refractivity contribution in [1.29, 1.82) is 0 Å². The van der Waals surface area contributed by atoms with Crippen molar-refractivity contribution in [3.63, 3.8) is 0 Å². The van der Waals surface area contributed by atoms with Crippen LogP contribution in [0.15, 0.2) is 24.4 Å². The van der Waals surface area contributed by atoms with Crippen LogP contribution in [0.2, 0.25) is 0 Å². The standard InChI is InChI=1S/C15H24N4O/c1-5-16-10-13-15(18(3)12(2)11-20-4)17-14-8-6-7-9-19(13)14/h6-9,12,16H,5,10-11H2,1-4H3. The third-order valence-corrected chi connectivity index (χ3v) is 3.55. The fraction of sp³-hybridized carbons (Fsp3) is 0.533. The third-order valence-electron chi connectivity index (χ3n) is 3.55. The first-order chi connectivity index (χ1) is 9.69. The summed E-state index contributed by atoms with van der Waals surface area (Å²) in [5.74, 6) is 1.02. The molecular weight excluding hydrogens is 252 g/mol. The number of nitrogens with one attached hydrogen (secondary N) is 1. The van der Waals surface area contributed by atoms with Crippen molar-refractivity contribution in [2.45, 2.75) is 26.4 Å². The van der Waals surface area contributed by atoms with Crippen molar-refractivity contribution >= 4 is 11.5 Å². The van der Waals surface area contributed by atoms with Crippen molar-refractivity contribution in [1.82, 2.24) is 14.7 Å². The number of fused-ring (bicyclic) bond motifs is 1. The Labute approximate surface area is 120 Å². The molecule has 0 spiro atoms. The van der Waals surface area contributed by atoms with E-state index in [1.165, 1.54) is 5.69 Å². The van der Waals surface area contributed by atoms with Gasteiger partial charge >= 0.3 is 0 Å². The van der Waals surface area contributed by atoms with Crippen LogP contribution in [0.5, 0.6) is 0 Å². The van der Waals surface area contributed by atoms with Crippen LogP contribution >= 0.6 is 0 Å². The van der Waals surface area contributed by atoms with Crippen LogP contribution in [-0.4, -0.2) is 42.7 Å². The zero-order chi connectivity index (χ0) is 14.5. The predicted molar refractivity (Wildman–Crippen MR) is 82.3 cm³/mol. The van der Waals surface area contributed by atoms with Crippen LogP contribution in [0.4, 0.5) is 5.82 Å². The van der Waals surface area contributed by atoms with Gasteiger partial charge in [-0.15, -0.1) is 0 Å². The highest BCUT2D eigenvalue weighted by Gasteiger charge is 2.18. The SMILES string of the molecule is CCNCc1c(N(C)C(C)COC)nc2ccccn12. The fourth-order valence-electron chi connectivity index (χ4n) is 2.29. The predicted octanol–water partition coefficient (Wildman–Crippen LogP) is 1.91. The maximum Gasteiger partial charge on any atom is 0.152 e. The maximum absolute atomic E-state index is 5.25. The molecule has 5 nitrogen and oxygen atoms in total. The van der Waals surface area contributed by atoms with Gasteiger partial charge < -0.3 is 19.4 Å². The highest BCUT2D eigenvalue weighted by atomic mass is 16.5. The summed E-state index contributed by atoms with van der Waals surface area (Å²) in [4.78, 5) is 6.95. The van der Waals surface area contributed by atoms with Gasteiger partial charge in [-0.3, -0.25) is 0 Å². The van der Waals surface area contributed by atoms with Crippen LogP contribution in [0, 0.1) is 0 Å². The largest absolute Gasteiger partial charge is 0.383 e. The third kappa shape index (κ3) is 2.94. The minimum absolute atomic E-state index is 0.283. The lowest BCUT2D eigenvalue weighted by Gasteiger charge is -2.25. The van der Waals surface area contributed by atoms with Gasteiger partial charge in [-0.25, -0.2) is 4.98 Å². The summed E-state index contributed by atoms with van der Waals surface area (Å²) in [5.41, 5.74) is 2.17. The summed E-state index contributed by atoms with van der Waals surface area (Å²) in [7, 11) is 3.80. The number of hydrogen-bond acceptors (Lipinski definition) is 4. The molecule has 0 aromatic carbocycles. The fourth-order valence-corrected chi connectivity index (χ4v) is 2.29. The molecular formula is C15H24N4O. The topological polar surface area (TPSA) is 41.8 Å². The number of rotatable bonds is 7. The second-order valence-electron chi connectivity index (χ2n) is 5.01. The number of ether oxygens (including phenoxy) is 1. The molecule has 2 aromatic heterocycles. The zero-order valence-corrected chi connectivity index (χ0v) is 12.8. The van der Waals surface area contributed by atoms with Gasteiger partial charge in [-0.1, -0.05) is 13.0 Å². The van der Waals surface area contributed by atoms with Gasteiger partial charge in [-0.05, 0) is 25.6 Å². The molecule has 2 rings (SSSR count). The average molecular weight is 276 g/mol. The van der Waals surface area contributed by atoms with E-state index < -0.39 is 0 Å². The molecule has 1 unspecified atom stereocenters. The summed E-state index contributed by atoms with van der Waals surface area (Å²) in [6, 6.07) is 6.37. The molecule has 0 radical (unpaired) electrons. The molecule has 0 fully saturated rings. The lowest BCUT2D eigenvalue weighted by molar-refractivity contribution is 0.183. The monoisotopic (exact) mass is 276 g/mol. The molecule has 110 valence electrons. The molecule has 0 saturated carbocycles. The summed E-state index contributed by atoms with van der Waals surface area (Å²) in [5, 5.41) is 3.39. The Bertz CT molecular complexity index is 552. The Morgan fingerprint density at radius 2 is 2.25 bits per heavy atom.